The van der Waals surface area contributed by atoms with Gasteiger partial charge >= 0.3 is 41.5 Å². The Bertz CT molecular complexity index is 736. The Hall–Kier alpha value is -0.150. The molecule has 7 nitrogen and oxygen atoms in total. The van der Waals surface area contributed by atoms with E-state index in [1.807, 2.05) is 13.8 Å². The summed E-state index contributed by atoms with van der Waals surface area (Å²) in [6.45, 7) is 8.76. The minimum absolute atomic E-state index is 0. The molecular weight excluding hydrogens is 551 g/mol. The van der Waals surface area contributed by atoms with Crippen LogP contribution in [0.25, 0.3) is 0 Å². The maximum atomic E-state index is 12.6. The second-order valence-electron chi connectivity index (χ2n) is 11.6. The first-order valence-electron chi connectivity index (χ1n) is 16.5. The third-order valence-corrected chi connectivity index (χ3v) is 9.08. The van der Waals surface area contributed by atoms with Gasteiger partial charge in [-0.1, -0.05) is 143 Å². The molecule has 0 aliphatic heterocycles. The van der Waals surface area contributed by atoms with Crippen molar-refractivity contribution in [1.29, 1.82) is 0 Å². The number of carbonyl (C=O) groups is 2. The summed E-state index contributed by atoms with van der Waals surface area (Å²) in [5.41, 5.74) is 0. The molecule has 0 aliphatic carbocycles. The van der Waals surface area contributed by atoms with E-state index in [9.17, 15) is 22.6 Å². The van der Waals surface area contributed by atoms with Crippen LogP contribution in [0.4, 0.5) is 0 Å². The van der Waals surface area contributed by atoms with E-state index in [0.29, 0.717) is 0 Å². The molecule has 0 aromatic carbocycles. The van der Waals surface area contributed by atoms with Gasteiger partial charge < -0.3 is 10.9 Å². The van der Waals surface area contributed by atoms with Gasteiger partial charge in [0, 0.05) is 0 Å². The summed E-state index contributed by atoms with van der Waals surface area (Å²) in [7, 11) is -4.80. The average molecular weight is 615 g/mol. The molecule has 0 rings (SSSR count). The van der Waals surface area contributed by atoms with Crippen molar-refractivity contribution in [2.75, 3.05) is 13.2 Å². The Morgan fingerprint density at radius 2 is 1.00 bits per heavy atom. The zero-order chi connectivity index (χ0) is 30.1. The zero-order valence-corrected chi connectivity index (χ0v) is 30.1. The number of rotatable bonds is 28. The van der Waals surface area contributed by atoms with E-state index in [1.54, 1.807) is 0 Å². The van der Waals surface area contributed by atoms with Gasteiger partial charge in [0.25, 0.3) is 10.1 Å². The molecule has 0 amide bonds. The Morgan fingerprint density at radius 1 is 0.634 bits per heavy atom. The third-order valence-electron chi connectivity index (χ3n) is 8.00. The first-order chi connectivity index (χ1) is 19.2. The van der Waals surface area contributed by atoms with Gasteiger partial charge in [0.05, 0.1) is 19.6 Å². The molecule has 240 valence electrons. The van der Waals surface area contributed by atoms with Crippen molar-refractivity contribution in [3.63, 3.8) is 0 Å². The molecular formula is C32H63NaO7S. The van der Waals surface area contributed by atoms with E-state index in [-0.39, 0.29) is 56.0 Å². The maximum Gasteiger partial charge on any atom is 1.00 e. The van der Waals surface area contributed by atoms with Crippen LogP contribution >= 0.6 is 0 Å². The van der Waals surface area contributed by atoms with Crippen LogP contribution in [0.15, 0.2) is 0 Å². The van der Waals surface area contributed by atoms with Crippen molar-refractivity contribution in [3.05, 3.63) is 0 Å². The van der Waals surface area contributed by atoms with Gasteiger partial charge in [-0.3, -0.25) is 14.1 Å². The largest absolute Gasteiger partial charge is 1.00 e. The predicted octanol–water partition coefficient (Wildman–Crippen LogP) is 5.95. The monoisotopic (exact) mass is 614 g/mol. The van der Waals surface area contributed by atoms with Crippen molar-refractivity contribution < 1.29 is 63.0 Å². The van der Waals surface area contributed by atoms with Gasteiger partial charge in [-0.05, 0) is 24.7 Å². The van der Waals surface area contributed by atoms with Crippen molar-refractivity contribution in [2.24, 2.45) is 11.8 Å². The van der Waals surface area contributed by atoms with E-state index in [0.717, 1.165) is 51.4 Å². The first-order valence-corrected chi connectivity index (χ1v) is 18.0. The van der Waals surface area contributed by atoms with Crippen LogP contribution in [0, 0.1) is 11.8 Å². The molecule has 0 bridgehead atoms. The van der Waals surface area contributed by atoms with Crippen LogP contribution in [0.5, 0.6) is 0 Å². The van der Waals surface area contributed by atoms with Crippen molar-refractivity contribution >= 4 is 22.1 Å². The summed E-state index contributed by atoms with van der Waals surface area (Å²) < 4.78 is 44.0. The molecule has 0 radical (unpaired) electrons. The van der Waals surface area contributed by atoms with Crippen LogP contribution in [-0.2, 0) is 29.2 Å². The molecule has 0 saturated heterocycles. The van der Waals surface area contributed by atoms with Crippen LogP contribution in [0.2, 0.25) is 0 Å². The predicted molar refractivity (Wildman–Crippen MR) is 165 cm³/mol. The molecule has 0 heterocycles. The van der Waals surface area contributed by atoms with Crippen LogP contribution < -0.4 is 29.6 Å². The fourth-order valence-electron chi connectivity index (χ4n) is 4.97. The minimum Gasteiger partial charge on any atom is -1.00 e. The topological polar surface area (TPSA) is 107 Å². The first kappa shape index (κ1) is 43.0. The number of carbonyl (C=O) groups excluding carboxylic acids is 2. The summed E-state index contributed by atoms with van der Waals surface area (Å²) >= 11 is 0. The summed E-state index contributed by atoms with van der Waals surface area (Å²) in [5, 5.41) is -1.95. The molecule has 0 saturated carbocycles. The molecule has 0 fully saturated rings. The Balaban J connectivity index is -0.00000760. The second-order valence-corrected chi connectivity index (χ2v) is 13.2. The summed E-state index contributed by atoms with van der Waals surface area (Å²) in [6, 6.07) is 0. The van der Waals surface area contributed by atoms with Gasteiger partial charge in [0.15, 0.2) is 5.25 Å². The van der Waals surface area contributed by atoms with E-state index in [1.165, 1.54) is 77.0 Å². The normalized spacial score (nSPS) is 13.7. The smallest absolute Gasteiger partial charge is 1.00 e. The molecule has 3 atom stereocenters. The standard InChI is InChI=1S/C32H62O7S.Na.H/c1-5-9-11-13-15-17-19-21-23-28(7-3)26-38-31(33)25-30(40(35,36)37)32(34)39-27-29(8-4)24-22-20-18-16-14-12-10-6-2;;/h28-30H,5-27H2,1-4H3,(H,35,36,37);;/q;+1;-1. The SMILES string of the molecule is CCCCCCCCCCC(CC)COC(=O)CC(C(=O)OCC(CC)CCCCCCCCCC)S(=O)(=O)O.[H-].[Na+]. The number of hydrogen-bond acceptors (Lipinski definition) is 6. The summed E-state index contributed by atoms with van der Waals surface area (Å²) in [6.07, 6.45) is 22.4. The molecule has 0 aromatic rings. The third kappa shape index (κ3) is 24.9. The quantitative estimate of drug-likeness (QED) is 0.0502. The molecule has 9 heteroatoms. The van der Waals surface area contributed by atoms with Crippen molar-refractivity contribution in [2.45, 2.75) is 168 Å². The van der Waals surface area contributed by atoms with Gasteiger partial charge in [0.1, 0.15) is 0 Å². The molecule has 3 unspecified atom stereocenters. The maximum absolute atomic E-state index is 12.6. The van der Waals surface area contributed by atoms with Gasteiger partial charge in [-0.15, -0.1) is 0 Å². The fraction of sp³-hybridized carbons (Fsp3) is 0.938. The van der Waals surface area contributed by atoms with E-state index < -0.39 is 33.7 Å². The molecule has 0 aromatic heterocycles. The van der Waals surface area contributed by atoms with Crippen LogP contribution in [0.3, 0.4) is 0 Å². The Labute approximate surface area is 276 Å². The van der Waals surface area contributed by atoms with E-state index in [4.69, 9.17) is 9.47 Å². The Morgan fingerprint density at radius 3 is 1.37 bits per heavy atom. The summed E-state index contributed by atoms with van der Waals surface area (Å²) in [4.78, 5) is 25.0. The van der Waals surface area contributed by atoms with Crippen molar-refractivity contribution in [1.82, 2.24) is 0 Å². The second kappa shape index (κ2) is 28.6. The van der Waals surface area contributed by atoms with Crippen LogP contribution in [0.1, 0.15) is 164 Å². The molecule has 0 aliphatic rings. The number of unbranched alkanes of at least 4 members (excludes halogenated alkanes) is 14. The molecule has 0 spiro atoms. The van der Waals surface area contributed by atoms with Crippen LogP contribution in [-0.4, -0.2) is 43.4 Å². The van der Waals surface area contributed by atoms with Gasteiger partial charge in [-0.25, -0.2) is 0 Å². The van der Waals surface area contributed by atoms with E-state index in [2.05, 4.69) is 13.8 Å². The number of esters is 2. The average Bonchev–Trinajstić information content (AvgIpc) is 2.92. The van der Waals surface area contributed by atoms with E-state index >= 15 is 0 Å². The Kier molecular flexibility index (Phi) is 30.0. The zero-order valence-electron chi connectivity index (χ0n) is 28.3. The molecule has 1 N–H and O–H groups in total. The van der Waals surface area contributed by atoms with Gasteiger partial charge in [-0.2, -0.15) is 8.42 Å². The summed E-state index contributed by atoms with van der Waals surface area (Å²) in [5.74, 6) is -1.57. The van der Waals surface area contributed by atoms with Crippen molar-refractivity contribution in [3.8, 4) is 0 Å². The minimum atomic E-state index is -4.80. The number of hydrogen-bond donors (Lipinski definition) is 1. The number of ether oxygens (including phenoxy) is 2. The van der Waals surface area contributed by atoms with Gasteiger partial charge in [0.2, 0.25) is 0 Å². The molecule has 41 heavy (non-hydrogen) atoms. The fourth-order valence-corrected chi connectivity index (χ4v) is 5.63.